The fourth-order valence-corrected chi connectivity index (χ4v) is 7.14. The van der Waals surface area contributed by atoms with E-state index in [4.69, 9.17) is 6.42 Å². The topological polar surface area (TPSA) is 57.6 Å². The summed E-state index contributed by atoms with van der Waals surface area (Å²) in [6.07, 6.45) is 14.6. The number of sulfonamides is 1. The van der Waals surface area contributed by atoms with Gasteiger partial charge in [-0.1, -0.05) is 60.6 Å². The van der Waals surface area contributed by atoms with Crippen molar-refractivity contribution in [2.24, 2.45) is 5.92 Å². The van der Waals surface area contributed by atoms with Gasteiger partial charge in [0.1, 0.15) is 11.6 Å². The van der Waals surface area contributed by atoms with Gasteiger partial charge in [-0.15, -0.1) is 6.42 Å². The molecule has 0 amide bonds. The largest absolute Gasteiger partial charge is 0.395 e. The van der Waals surface area contributed by atoms with Crippen LogP contribution in [0.25, 0.3) is 0 Å². The lowest BCUT2D eigenvalue weighted by Crippen LogP contribution is -2.51. The van der Waals surface area contributed by atoms with Gasteiger partial charge in [-0.25, -0.2) is 17.2 Å². The molecule has 1 saturated heterocycles. The van der Waals surface area contributed by atoms with Crippen LogP contribution in [0, 0.1) is 29.9 Å². The molecule has 0 radical (unpaired) electrons. The number of nitrogens with zero attached hydrogens (tertiary/aromatic N) is 1. The minimum Gasteiger partial charge on any atom is -0.395 e. The number of benzene rings is 2. The number of rotatable bonds is 6. The van der Waals surface area contributed by atoms with Crippen LogP contribution >= 0.6 is 0 Å². The van der Waals surface area contributed by atoms with Gasteiger partial charge in [-0.2, -0.15) is 4.31 Å². The summed E-state index contributed by atoms with van der Waals surface area (Å²) in [5, 5.41) is 9.19. The van der Waals surface area contributed by atoms with Crippen molar-refractivity contribution in [3.05, 3.63) is 95.1 Å². The number of hydrogen-bond acceptors (Lipinski definition) is 3. The average molecular weight is 484 g/mol. The molecule has 1 N–H and O–H groups in total. The third kappa shape index (κ3) is 4.72. The van der Waals surface area contributed by atoms with E-state index in [1.165, 1.54) is 0 Å². The van der Waals surface area contributed by atoms with Crippen LogP contribution in [-0.4, -0.2) is 35.7 Å². The molecule has 0 saturated carbocycles. The van der Waals surface area contributed by atoms with Crippen molar-refractivity contribution in [1.29, 1.82) is 0 Å². The highest BCUT2D eigenvalue weighted by Gasteiger charge is 2.44. The van der Waals surface area contributed by atoms with Crippen LogP contribution in [0.3, 0.4) is 0 Å². The summed E-state index contributed by atoms with van der Waals surface area (Å²) in [6.45, 7) is -0.747. The van der Waals surface area contributed by atoms with E-state index >= 15 is 8.78 Å². The monoisotopic (exact) mass is 483 g/mol. The molecule has 178 valence electrons. The molecule has 2 unspecified atom stereocenters. The number of terminal acetylenes is 1. The zero-order chi connectivity index (χ0) is 24.3. The molecule has 4 atom stereocenters. The maximum Gasteiger partial charge on any atom is 0.219 e. The first-order valence-electron chi connectivity index (χ1n) is 11.3. The number of hydrogen-bond donors (Lipinski definition) is 1. The molecule has 2 aliphatic rings. The maximum absolute atomic E-state index is 15.2. The predicted molar refractivity (Wildman–Crippen MR) is 128 cm³/mol. The highest BCUT2D eigenvalue weighted by molar-refractivity contribution is 7.89. The molecular formula is C27H27F2NO3S. The molecule has 4 rings (SSSR count). The fraction of sp³-hybridized carbons (Fsp3) is 0.333. The minimum absolute atomic E-state index is 0.0157. The van der Waals surface area contributed by atoms with E-state index in [2.05, 4.69) is 5.92 Å². The van der Waals surface area contributed by atoms with Gasteiger partial charge in [0.05, 0.1) is 17.9 Å². The first-order chi connectivity index (χ1) is 16.4. The summed E-state index contributed by atoms with van der Waals surface area (Å²) in [5.74, 6) is 0.148. The number of halogens is 2. The standard InChI is InChI=1S/C27H27F2NO3S/c1-2-22-13-14-27(20-11-7-4-8-12-20)34(32,33)30(22)17-21-15-26(29)23(16-25(21)28)24(18-31)19-9-5-3-6-10-19/h1,3-11,15-16,20,22,24,27,31H,12-14,17-18H2/t20?,22-,24?,27+/m0/s1. The lowest BCUT2D eigenvalue weighted by molar-refractivity contribution is 0.277. The molecule has 7 heteroatoms. The van der Waals surface area contributed by atoms with Crippen LogP contribution in [0.15, 0.2) is 66.8 Å². The second kappa shape index (κ2) is 10.2. The highest BCUT2D eigenvalue weighted by atomic mass is 32.2. The fourth-order valence-electron chi connectivity index (χ4n) is 4.87. The Morgan fingerprint density at radius 3 is 2.53 bits per heavy atom. The number of aliphatic hydroxyl groups is 1. The Morgan fingerprint density at radius 1 is 1.12 bits per heavy atom. The molecular weight excluding hydrogens is 456 g/mol. The lowest BCUT2D eigenvalue weighted by atomic mass is 9.90. The van der Waals surface area contributed by atoms with Crippen molar-refractivity contribution in [2.45, 2.75) is 43.0 Å². The quantitative estimate of drug-likeness (QED) is 0.615. The molecule has 1 heterocycles. The van der Waals surface area contributed by atoms with E-state index in [0.717, 1.165) is 16.4 Å². The van der Waals surface area contributed by atoms with Gasteiger partial charge in [0.15, 0.2) is 0 Å². The Balaban J connectivity index is 1.65. The lowest BCUT2D eigenvalue weighted by Gasteiger charge is -2.39. The van der Waals surface area contributed by atoms with E-state index in [-0.39, 0.29) is 23.6 Å². The highest BCUT2D eigenvalue weighted by Crippen LogP contribution is 2.36. The molecule has 0 spiro atoms. The van der Waals surface area contributed by atoms with Crippen LogP contribution < -0.4 is 0 Å². The molecule has 1 fully saturated rings. The number of allylic oxidation sites excluding steroid dienone is 4. The molecule has 0 aromatic heterocycles. The van der Waals surface area contributed by atoms with Crippen molar-refractivity contribution >= 4 is 10.0 Å². The second-order valence-electron chi connectivity index (χ2n) is 8.71. The minimum atomic E-state index is -3.85. The van der Waals surface area contributed by atoms with E-state index in [0.29, 0.717) is 24.8 Å². The normalized spacial score (nSPS) is 25.1. The second-order valence-corrected chi connectivity index (χ2v) is 10.8. The first kappa shape index (κ1) is 24.3. The summed E-state index contributed by atoms with van der Waals surface area (Å²) in [4.78, 5) is 0. The molecule has 1 aliphatic heterocycles. The Labute approximate surface area is 199 Å². The third-order valence-corrected chi connectivity index (χ3v) is 9.10. The smallest absolute Gasteiger partial charge is 0.219 e. The van der Waals surface area contributed by atoms with Gasteiger partial charge in [-0.3, -0.25) is 0 Å². The van der Waals surface area contributed by atoms with Crippen molar-refractivity contribution in [2.75, 3.05) is 6.61 Å². The van der Waals surface area contributed by atoms with E-state index < -0.39 is 45.5 Å². The molecule has 1 aliphatic carbocycles. The summed E-state index contributed by atoms with van der Waals surface area (Å²) in [7, 11) is -3.85. The van der Waals surface area contributed by atoms with Crippen LogP contribution in [0.2, 0.25) is 0 Å². The van der Waals surface area contributed by atoms with E-state index in [1.54, 1.807) is 30.3 Å². The van der Waals surface area contributed by atoms with Crippen LogP contribution in [-0.2, 0) is 16.6 Å². The van der Waals surface area contributed by atoms with Crippen molar-refractivity contribution in [3.63, 3.8) is 0 Å². The van der Waals surface area contributed by atoms with Crippen molar-refractivity contribution in [1.82, 2.24) is 4.31 Å². The van der Waals surface area contributed by atoms with Gasteiger partial charge in [0, 0.05) is 23.6 Å². The van der Waals surface area contributed by atoms with Gasteiger partial charge in [0.2, 0.25) is 10.0 Å². The zero-order valence-corrected chi connectivity index (χ0v) is 19.5. The van der Waals surface area contributed by atoms with Crippen molar-refractivity contribution in [3.8, 4) is 12.3 Å². The van der Waals surface area contributed by atoms with Crippen LogP contribution in [0.1, 0.15) is 41.9 Å². The van der Waals surface area contributed by atoms with Crippen LogP contribution in [0.5, 0.6) is 0 Å². The maximum atomic E-state index is 15.2. The first-order valence-corrected chi connectivity index (χ1v) is 12.8. The molecule has 4 nitrogen and oxygen atoms in total. The number of aliphatic hydroxyl groups excluding tert-OH is 1. The molecule has 34 heavy (non-hydrogen) atoms. The molecule has 2 aromatic carbocycles. The molecule has 0 bridgehead atoms. The summed E-state index contributed by atoms with van der Waals surface area (Å²) >= 11 is 0. The summed E-state index contributed by atoms with van der Waals surface area (Å²) < 4.78 is 58.5. The molecule has 2 aromatic rings. The van der Waals surface area contributed by atoms with Gasteiger partial charge in [-0.05, 0) is 42.9 Å². The summed E-state index contributed by atoms with van der Waals surface area (Å²) in [5.41, 5.74) is 0.580. The van der Waals surface area contributed by atoms with E-state index in [1.807, 2.05) is 24.3 Å². The Hall–Kier alpha value is -2.79. The van der Waals surface area contributed by atoms with Gasteiger partial charge in [0.25, 0.3) is 0 Å². The van der Waals surface area contributed by atoms with E-state index in [9.17, 15) is 13.5 Å². The average Bonchev–Trinajstić information content (AvgIpc) is 2.84. The summed E-state index contributed by atoms with van der Waals surface area (Å²) in [6, 6.07) is 10.1. The Bertz CT molecular complexity index is 1230. The van der Waals surface area contributed by atoms with Crippen molar-refractivity contribution < 1.29 is 22.3 Å². The zero-order valence-electron chi connectivity index (χ0n) is 18.6. The van der Waals surface area contributed by atoms with Gasteiger partial charge >= 0.3 is 0 Å². The Morgan fingerprint density at radius 2 is 1.88 bits per heavy atom. The third-order valence-electron chi connectivity index (χ3n) is 6.72. The van der Waals surface area contributed by atoms with Crippen LogP contribution in [0.4, 0.5) is 8.78 Å². The van der Waals surface area contributed by atoms with Gasteiger partial charge < -0.3 is 5.11 Å². The Kier molecular flexibility index (Phi) is 7.32. The predicted octanol–water partition coefficient (Wildman–Crippen LogP) is 4.52. The SMILES string of the molecule is C#C[C@H]1CC[C@H](C2C=CC=CC2)S(=O)(=O)N1Cc1cc(F)c(C(CO)c2ccccc2)cc1F.